The zero-order valence-corrected chi connectivity index (χ0v) is 14.1. The van der Waals surface area contributed by atoms with Crippen molar-refractivity contribution in [3.63, 3.8) is 0 Å². The fraction of sp³-hybridized carbons (Fsp3) is 0.118. The number of hydrogen-bond acceptors (Lipinski definition) is 3. The third kappa shape index (κ3) is 3.85. The molecule has 1 N–H and O–H groups in total. The van der Waals surface area contributed by atoms with E-state index in [-0.39, 0.29) is 10.7 Å². The number of sulfonamides is 1. The van der Waals surface area contributed by atoms with Crippen LogP contribution in [-0.4, -0.2) is 18.2 Å². The van der Waals surface area contributed by atoms with Crippen molar-refractivity contribution in [1.29, 1.82) is 0 Å². The van der Waals surface area contributed by atoms with Crippen LogP contribution in [0.1, 0.15) is 11.1 Å². The summed E-state index contributed by atoms with van der Waals surface area (Å²) in [5.74, 6) is -2.24. The Morgan fingerprint density at radius 1 is 1.08 bits per heavy atom. The van der Waals surface area contributed by atoms with Crippen LogP contribution >= 0.6 is 0 Å². The van der Waals surface area contributed by atoms with Crippen LogP contribution in [0.3, 0.4) is 0 Å². The third-order valence-corrected chi connectivity index (χ3v) is 5.03. The first-order valence-electron chi connectivity index (χ1n) is 7.41. The van der Waals surface area contributed by atoms with Crippen molar-refractivity contribution in [2.24, 2.45) is 0 Å². The molecule has 0 unspecified atom stereocenters. The van der Waals surface area contributed by atoms with E-state index in [1.165, 1.54) is 6.07 Å². The van der Waals surface area contributed by atoms with Gasteiger partial charge in [0.1, 0.15) is 0 Å². The van der Waals surface area contributed by atoms with Crippen LogP contribution in [0.4, 0.5) is 14.6 Å². The van der Waals surface area contributed by atoms with Crippen LogP contribution in [0.5, 0.6) is 0 Å². The fourth-order valence-electron chi connectivity index (χ4n) is 2.31. The average molecular weight is 363 g/mol. The molecule has 0 saturated carbocycles. The van der Waals surface area contributed by atoms with Crippen LogP contribution in [0.15, 0.2) is 59.6 Å². The SMILES string of the molecule is Cc1ccccc1Cn1ccc(NS(=O)(=O)c2ccc(F)c(F)c2)n1. The zero-order valence-electron chi connectivity index (χ0n) is 13.3. The summed E-state index contributed by atoms with van der Waals surface area (Å²) in [6, 6.07) is 11.7. The predicted octanol–water partition coefficient (Wildman–Crippen LogP) is 3.32. The van der Waals surface area contributed by atoms with Crippen LogP contribution in [0, 0.1) is 18.6 Å². The minimum Gasteiger partial charge on any atom is -0.266 e. The number of hydrogen-bond donors (Lipinski definition) is 1. The van der Waals surface area contributed by atoms with Crippen molar-refractivity contribution in [2.75, 3.05) is 4.72 Å². The summed E-state index contributed by atoms with van der Waals surface area (Å²) < 4.78 is 54.5. The summed E-state index contributed by atoms with van der Waals surface area (Å²) in [7, 11) is -4.05. The van der Waals surface area contributed by atoms with E-state index in [0.29, 0.717) is 12.6 Å². The molecule has 3 rings (SSSR count). The molecule has 3 aromatic rings. The highest BCUT2D eigenvalue weighted by Crippen LogP contribution is 2.17. The van der Waals surface area contributed by atoms with Crippen molar-refractivity contribution in [3.05, 3.63) is 77.5 Å². The largest absolute Gasteiger partial charge is 0.266 e. The number of nitrogens with one attached hydrogen (secondary N) is 1. The van der Waals surface area contributed by atoms with E-state index < -0.39 is 21.7 Å². The molecular weight excluding hydrogens is 348 g/mol. The fourth-order valence-corrected chi connectivity index (χ4v) is 3.31. The smallest absolute Gasteiger partial charge is 0.263 e. The Balaban J connectivity index is 1.78. The first-order chi connectivity index (χ1) is 11.8. The molecule has 0 radical (unpaired) electrons. The lowest BCUT2D eigenvalue weighted by Crippen LogP contribution is -2.14. The summed E-state index contributed by atoms with van der Waals surface area (Å²) in [6.07, 6.45) is 1.63. The molecule has 0 spiro atoms. The van der Waals surface area contributed by atoms with Gasteiger partial charge in [-0.1, -0.05) is 24.3 Å². The van der Waals surface area contributed by atoms with Crippen molar-refractivity contribution >= 4 is 15.8 Å². The van der Waals surface area contributed by atoms with E-state index in [1.54, 1.807) is 10.9 Å². The second-order valence-electron chi connectivity index (χ2n) is 5.51. The molecule has 0 bridgehead atoms. The monoisotopic (exact) mass is 363 g/mol. The molecule has 0 saturated heterocycles. The van der Waals surface area contributed by atoms with Crippen molar-refractivity contribution < 1.29 is 17.2 Å². The molecule has 2 aromatic carbocycles. The number of rotatable bonds is 5. The van der Waals surface area contributed by atoms with Crippen molar-refractivity contribution in [3.8, 4) is 0 Å². The quantitative estimate of drug-likeness (QED) is 0.756. The minimum atomic E-state index is -4.05. The maximum absolute atomic E-state index is 13.2. The standard InChI is InChI=1S/C17H15F2N3O2S/c1-12-4-2-3-5-13(12)11-22-9-8-17(20-22)21-25(23,24)14-6-7-15(18)16(19)10-14/h2-10H,11H2,1H3,(H,20,21). The normalized spacial score (nSPS) is 11.5. The lowest BCUT2D eigenvalue weighted by molar-refractivity contribution is 0.504. The second kappa shape index (κ2) is 6.64. The van der Waals surface area contributed by atoms with Gasteiger partial charge in [0.2, 0.25) is 0 Å². The van der Waals surface area contributed by atoms with Gasteiger partial charge >= 0.3 is 0 Å². The number of aryl methyl sites for hydroxylation is 1. The Labute approximate surface area is 144 Å². The van der Waals surface area contributed by atoms with Crippen LogP contribution in [-0.2, 0) is 16.6 Å². The topological polar surface area (TPSA) is 64.0 Å². The zero-order chi connectivity index (χ0) is 18.0. The average Bonchev–Trinajstić information content (AvgIpc) is 2.98. The molecule has 8 heteroatoms. The van der Waals surface area contributed by atoms with Gasteiger partial charge in [-0.05, 0) is 36.2 Å². The summed E-state index contributed by atoms with van der Waals surface area (Å²) in [6.45, 7) is 2.46. The molecule has 25 heavy (non-hydrogen) atoms. The van der Waals surface area contributed by atoms with Crippen molar-refractivity contribution in [2.45, 2.75) is 18.4 Å². The molecule has 0 aliphatic heterocycles. The highest BCUT2D eigenvalue weighted by Gasteiger charge is 2.18. The molecule has 130 valence electrons. The first kappa shape index (κ1) is 17.1. The maximum atomic E-state index is 13.2. The maximum Gasteiger partial charge on any atom is 0.263 e. The molecular formula is C17H15F2N3O2S. The molecule has 1 aromatic heterocycles. The summed E-state index contributed by atoms with van der Waals surface area (Å²) in [5, 5.41) is 4.16. The Hall–Kier alpha value is -2.74. The van der Waals surface area contributed by atoms with Crippen LogP contribution in [0.2, 0.25) is 0 Å². The molecule has 0 fully saturated rings. The highest BCUT2D eigenvalue weighted by atomic mass is 32.2. The molecule has 1 heterocycles. The van der Waals surface area contributed by atoms with E-state index in [2.05, 4.69) is 9.82 Å². The van der Waals surface area contributed by atoms with E-state index in [4.69, 9.17) is 0 Å². The van der Waals surface area contributed by atoms with Crippen molar-refractivity contribution in [1.82, 2.24) is 9.78 Å². The molecule has 5 nitrogen and oxygen atoms in total. The second-order valence-corrected chi connectivity index (χ2v) is 7.19. The summed E-state index contributed by atoms with van der Waals surface area (Å²) >= 11 is 0. The summed E-state index contributed by atoms with van der Waals surface area (Å²) in [4.78, 5) is -0.375. The lowest BCUT2D eigenvalue weighted by Gasteiger charge is -2.07. The van der Waals surface area contributed by atoms with Gasteiger partial charge in [-0.2, -0.15) is 5.10 Å². The molecule has 0 aliphatic rings. The van der Waals surface area contributed by atoms with Crippen LogP contribution in [0.25, 0.3) is 0 Å². The number of halogens is 2. The number of anilines is 1. The van der Waals surface area contributed by atoms with Gasteiger partial charge in [0, 0.05) is 12.3 Å². The Morgan fingerprint density at radius 3 is 2.56 bits per heavy atom. The number of nitrogens with zero attached hydrogens (tertiary/aromatic N) is 2. The predicted molar refractivity (Wildman–Crippen MR) is 89.7 cm³/mol. The van der Waals surface area contributed by atoms with E-state index in [9.17, 15) is 17.2 Å². The third-order valence-electron chi connectivity index (χ3n) is 3.67. The first-order valence-corrected chi connectivity index (χ1v) is 8.89. The number of benzene rings is 2. The molecule has 0 amide bonds. The Kier molecular flexibility index (Phi) is 4.54. The van der Waals surface area contributed by atoms with Crippen LogP contribution < -0.4 is 4.72 Å². The summed E-state index contributed by atoms with van der Waals surface area (Å²) in [5.41, 5.74) is 2.16. The minimum absolute atomic E-state index is 0.0957. The lowest BCUT2D eigenvalue weighted by atomic mass is 10.1. The highest BCUT2D eigenvalue weighted by molar-refractivity contribution is 7.92. The Morgan fingerprint density at radius 2 is 1.84 bits per heavy atom. The Bertz CT molecular complexity index is 1020. The number of aromatic nitrogens is 2. The van der Waals surface area contributed by atoms with E-state index >= 15 is 0 Å². The molecule has 0 atom stereocenters. The van der Waals surface area contributed by atoms with Gasteiger partial charge in [0.15, 0.2) is 17.5 Å². The van der Waals surface area contributed by atoms with E-state index in [0.717, 1.165) is 23.3 Å². The van der Waals surface area contributed by atoms with Gasteiger partial charge in [-0.15, -0.1) is 0 Å². The van der Waals surface area contributed by atoms with Gasteiger partial charge in [-0.3, -0.25) is 9.40 Å². The van der Waals surface area contributed by atoms with Gasteiger partial charge in [-0.25, -0.2) is 17.2 Å². The van der Waals surface area contributed by atoms with Gasteiger partial charge in [0.05, 0.1) is 11.4 Å². The van der Waals surface area contributed by atoms with E-state index in [1.807, 2.05) is 31.2 Å². The van der Waals surface area contributed by atoms with Gasteiger partial charge in [0.25, 0.3) is 10.0 Å². The molecule has 0 aliphatic carbocycles. The van der Waals surface area contributed by atoms with Gasteiger partial charge < -0.3 is 0 Å².